The van der Waals surface area contributed by atoms with E-state index < -0.39 is 0 Å². The summed E-state index contributed by atoms with van der Waals surface area (Å²) < 4.78 is 19.5. The summed E-state index contributed by atoms with van der Waals surface area (Å²) in [5, 5.41) is 3.34. The van der Waals surface area contributed by atoms with Gasteiger partial charge in [0.25, 0.3) is 0 Å². The molecule has 0 saturated heterocycles. The quantitative estimate of drug-likeness (QED) is 0.837. The van der Waals surface area contributed by atoms with Crippen LogP contribution in [0, 0.1) is 5.82 Å². The molecule has 0 unspecified atom stereocenters. The first-order chi connectivity index (χ1) is 10.1. The van der Waals surface area contributed by atoms with E-state index in [0.717, 1.165) is 17.9 Å². The third-order valence-electron chi connectivity index (χ3n) is 3.44. The molecule has 0 aliphatic heterocycles. The predicted octanol–water partition coefficient (Wildman–Crippen LogP) is 3.94. The first-order valence-corrected chi connectivity index (χ1v) is 7.40. The number of benzene rings is 1. The molecule has 0 amide bonds. The molecule has 1 N–H and O–H groups in total. The molecule has 2 rings (SSSR count). The first kappa shape index (κ1) is 15.6. The second-order valence-electron chi connectivity index (χ2n) is 5.37. The SMILES string of the molecule is CCN(Cc1ccoc1CNC(C)C)c1ccccc1F. The van der Waals surface area contributed by atoms with Crippen LogP contribution in [0.25, 0.3) is 0 Å². The lowest BCUT2D eigenvalue weighted by Crippen LogP contribution is -2.25. The van der Waals surface area contributed by atoms with Crippen molar-refractivity contribution in [2.45, 2.75) is 39.9 Å². The molecule has 0 fully saturated rings. The van der Waals surface area contributed by atoms with Crippen LogP contribution < -0.4 is 10.2 Å². The van der Waals surface area contributed by atoms with E-state index in [2.05, 4.69) is 19.2 Å². The monoisotopic (exact) mass is 290 g/mol. The minimum absolute atomic E-state index is 0.190. The maximum absolute atomic E-state index is 13.9. The van der Waals surface area contributed by atoms with Crippen molar-refractivity contribution in [1.29, 1.82) is 0 Å². The lowest BCUT2D eigenvalue weighted by Gasteiger charge is -2.23. The Kier molecular flexibility index (Phi) is 5.39. The molecular weight excluding hydrogens is 267 g/mol. The number of hydrogen-bond acceptors (Lipinski definition) is 3. The molecule has 0 aliphatic rings. The van der Waals surface area contributed by atoms with Crippen molar-refractivity contribution < 1.29 is 8.81 Å². The molecule has 0 bridgehead atoms. The first-order valence-electron chi connectivity index (χ1n) is 7.40. The smallest absolute Gasteiger partial charge is 0.146 e. The molecule has 0 atom stereocenters. The number of hydrogen-bond donors (Lipinski definition) is 1. The molecule has 114 valence electrons. The third kappa shape index (κ3) is 4.08. The van der Waals surface area contributed by atoms with Crippen molar-refractivity contribution in [3.05, 3.63) is 53.7 Å². The molecule has 0 aliphatic carbocycles. The van der Waals surface area contributed by atoms with E-state index in [-0.39, 0.29) is 5.82 Å². The Bertz CT molecular complexity index is 565. The van der Waals surface area contributed by atoms with Crippen LogP contribution in [0.1, 0.15) is 32.1 Å². The highest BCUT2D eigenvalue weighted by Crippen LogP contribution is 2.22. The number of anilines is 1. The summed E-state index contributed by atoms with van der Waals surface area (Å²) in [6, 6.07) is 9.23. The summed E-state index contributed by atoms with van der Waals surface area (Å²) in [7, 11) is 0. The van der Waals surface area contributed by atoms with Gasteiger partial charge in [-0.15, -0.1) is 0 Å². The lowest BCUT2D eigenvalue weighted by atomic mass is 10.2. The largest absolute Gasteiger partial charge is 0.468 e. The van der Waals surface area contributed by atoms with E-state index >= 15 is 0 Å². The normalized spacial score (nSPS) is 11.1. The van der Waals surface area contributed by atoms with Crippen LogP contribution in [0.3, 0.4) is 0 Å². The van der Waals surface area contributed by atoms with Gasteiger partial charge in [0.05, 0.1) is 18.5 Å². The maximum Gasteiger partial charge on any atom is 0.146 e. The maximum atomic E-state index is 13.9. The van der Waals surface area contributed by atoms with Crippen LogP contribution >= 0.6 is 0 Å². The van der Waals surface area contributed by atoms with Gasteiger partial charge in [0, 0.05) is 24.7 Å². The fourth-order valence-corrected chi connectivity index (χ4v) is 2.24. The van der Waals surface area contributed by atoms with E-state index in [1.54, 1.807) is 12.3 Å². The fourth-order valence-electron chi connectivity index (χ4n) is 2.24. The summed E-state index contributed by atoms with van der Waals surface area (Å²) >= 11 is 0. The summed E-state index contributed by atoms with van der Waals surface area (Å²) in [4.78, 5) is 2.01. The van der Waals surface area contributed by atoms with Crippen LogP contribution in [-0.2, 0) is 13.1 Å². The van der Waals surface area contributed by atoms with Crippen LogP contribution in [0.4, 0.5) is 10.1 Å². The fraction of sp³-hybridized carbons (Fsp3) is 0.412. The Morgan fingerprint density at radius 2 is 2.00 bits per heavy atom. The van der Waals surface area contributed by atoms with E-state index in [1.807, 2.05) is 30.0 Å². The van der Waals surface area contributed by atoms with Gasteiger partial charge in [-0.1, -0.05) is 26.0 Å². The molecule has 2 aromatic rings. The van der Waals surface area contributed by atoms with Crippen LogP contribution in [-0.4, -0.2) is 12.6 Å². The van der Waals surface area contributed by atoms with Crippen molar-refractivity contribution in [3.8, 4) is 0 Å². The summed E-state index contributed by atoms with van der Waals surface area (Å²) in [5.41, 5.74) is 1.72. The Morgan fingerprint density at radius 1 is 1.24 bits per heavy atom. The van der Waals surface area contributed by atoms with Gasteiger partial charge in [0.1, 0.15) is 11.6 Å². The number of rotatable bonds is 7. The Labute approximate surface area is 125 Å². The molecule has 21 heavy (non-hydrogen) atoms. The topological polar surface area (TPSA) is 28.4 Å². The lowest BCUT2D eigenvalue weighted by molar-refractivity contribution is 0.460. The average molecular weight is 290 g/mol. The molecule has 0 radical (unpaired) electrons. The van der Waals surface area contributed by atoms with E-state index in [4.69, 9.17) is 4.42 Å². The number of nitrogens with zero attached hydrogens (tertiary/aromatic N) is 1. The van der Waals surface area contributed by atoms with E-state index in [9.17, 15) is 4.39 Å². The Hall–Kier alpha value is -1.81. The average Bonchev–Trinajstić information content (AvgIpc) is 2.90. The zero-order valence-electron chi connectivity index (χ0n) is 12.9. The molecule has 0 saturated carbocycles. The van der Waals surface area contributed by atoms with Crippen molar-refractivity contribution in [2.75, 3.05) is 11.4 Å². The summed E-state index contributed by atoms with van der Waals surface area (Å²) in [6.07, 6.45) is 1.70. The minimum atomic E-state index is -0.190. The molecule has 4 heteroatoms. The third-order valence-corrected chi connectivity index (χ3v) is 3.44. The van der Waals surface area contributed by atoms with Gasteiger partial charge in [-0.25, -0.2) is 4.39 Å². The van der Waals surface area contributed by atoms with Gasteiger partial charge in [-0.3, -0.25) is 0 Å². The number of para-hydroxylation sites is 1. The standard InChI is InChI=1S/C17H23FN2O/c1-4-20(16-8-6-5-7-15(16)18)12-14-9-10-21-17(14)11-19-13(2)3/h5-10,13,19H,4,11-12H2,1-3H3. The van der Waals surface area contributed by atoms with Gasteiger partial charge in [-0.2, -0.15) is 0 Å². The number of furan rings is 1. The second kappa shape index (κ2) is 7.27. The van der Waals surface area contributed by atoms with Gasteiger partial charge in [0.2, 0.25) is 0 Å². The molecule has 1 aromatic carbocycles. The minimum Gasteiger partial charge on any atom is -0.468 e. The summed E-state index contributed by atoms with van der Waals surface area (Å²) in [6.45, 7) is 8.29. The van der Waals surface area contributed by atoms with Crippen LogP contribution in [0.15, 0.2) is 41.0 Å². The molecule has 1 heterocycles. The van der Waals surface area contributed by atoms with Crippen molar-refractivity contribution in [2.24, 2.45) is 0 Å². The number of halogens is 1. The van der Waals surface area contributed by atoms with E-state index in [1.165, 1.54) is 6.07 Å². The van der Waals surface area contributed by atoms with Gasteiger partial charge < -0.3 is 14.6 Å². The molecule has 3 nitrogen and oxygen atoms in total. The Morgan fingerprint density at radius 3 is 2.67 bits per heavy atom. The van der Waals surface area contributed by atoms with Gasteiger partial charge >= 0.3 is 0 Å². The molecule has 0 spiro atoms. The van der Waals surface area contributed by atoms with Gasteiger partial charge in [-0.05, 0) is 25.1 Å². The van der Waals surface area contributed by atoms with E-state index in [0.29, 0.717) is 24.8 Å². The summed E-state index contributed by atoms with van der Waals surface area (Å²) in [5.74, 6) is 0.725. The highest BCUT2D eigenvalue weighted by atomic mass is 19.1. The van der Waals surface area contributed by atoms with Gasteiger partial charge in [0.15, 0.2) is 0 Å². The van der Waals surface area contributed by atoms with Crippen molar-refractivity contribution in [3.63, 3.8) is 0 Å². The Balaban J connectivity index is 2.13. The molecule has 1 aromatic heterocycles. The second-order valence-corrected chi connectivity index (χ2v) is 5.37. The van der Waals surface area contributed by atoms with Crippen LogP contribution in [0.5, 0.6) is 0 Å². The zero-order chi connectivity index (χ0) is 15.2. The van der Waals surface area contributed by atoms with Crippen LogP contribution in [0.2, 0.25) is 0 Å². The van der Waals surface area contributed by atoms with Crippen molar-refractivity contribution in [1.82, 2.24) is 5.32 Å². The van der Waals surface area contributed by atoms with Crippen molar-refractivity contribution >= 4 is 5.69 Å². The predicted molar refractivity (Wildman–Crippen MR) is 83.8 cm³/mol. The highest BCUT2D eigenvalue weighted by molar-refractivity contribution is 5.48. The zero-order valence-corrected chi connectivity index (χ0v) is 12.9. The highest BCUT2D eigenvalue weighted by Gasteiger charge is 2.14. The molecular formula is C17H23FN2O. The number of nitrogens with one attached hydrogen (secondary N) is 1.